The van der Waals surface area contributed by atoms with Crippen LogP contribution in [0, 0.1) is 0 Å². The Hall–Kier alpha value is -5.10. The van der Waals surface area contributed by atoms with Crippen LogP contribution in [0.25, 0.3) is 56.5 Å². The molecule has 0 aliphatic carbocycles. The Bertz CT molecular complexity index is 1680. The van der Waals surface area contributed by atoms with Crippen molar-refractivity contribution in [2.45, 2.75) is 0 Å². The van der Waals surface area contributed by atoms with Crippen molar-refractivity contribution in [1.29, 1.82) is 0 Å². The van der Waals surface area contributed by atoms with Crippen LogP contribution < -0.4 is 0 Å². The summed E-state index contributed by atoms with van der Waals surface area (Å²) in [5.41, 5.74) is 7.48. The Morgan fingerprint density at radius 1 is 0.417 bits per heavy atom. The molecule has 0 atom stereocenters. The van der Waals surface area contributed by atoms with E-state index < -0.39 is 0 Å². The maximum Gasteiger partial charge on any atom is 0.178 e. The average Bonchev–Trinajstić information content (AvgIpc) is 3.53. The molecule has 0 unspecified atom stereocenters. The number of fused-ring (bicyclic) bond motifs is 2. The van der Waals surface area contributed by atoms with Crippen LogP contribution in [0.3, 0.4) is 0 Å². The number of benzene rings is 3. The van der Waals surface area contributed by atoms with Crippen molar-refractivity contribution in [3.05, 3.63) is 122 Å². The summed E-state index contributed by atoms with van der Waals surface area (Å²) in [5, 5.41) is 0. The Morgan fingerprint density at radius 3 is 1.25 bits per heavy atom. The van der Waals surface area contributed by atoms with Gasteiger partial charge in [0.2, 0.25) is 0 Å². The van der Waals surface area contributed by atoms with Crippen LogP contribution in [0.5, 0.6) is 0 Å². The summed E-state index contributed by atoms with van der Waals surface area (Å²) in [7, 11) is 0. The van der Waals surface area contributed by atoms with Crippen LogP contribution in [-0.2, 0) is 0 Å². The molecular formula is C30H20N6. The normalized spacial score (nSPS) is 11.3. The van der Waals surface area contributed by atoms with E-state index in [1.165, 1.54) is 0 Å². The maximum atomic E-state index is 4.88. The van der Waals surface area contributed by atoms with E-state index in [-0.39, 0.29) is 0 Å². The second kappa shape index (κ2) is 8.29. The van der Waals surface area contributed by atoms with Gasteiger partial charge in [-0.3, -0.25) is 9.13 Å². The van der Waals surface area contributed by atoms with Gasteiger partial charge in [-0.1, -0.05) is 60.7 Å². The molecule has 4 aromatic heterocycles. The quantitative estimate of drug-likeness (QED) is 0.299. The highest BCUT2D eigenvalue weighted by Gasteiger charge is 2.17. The first-order chi connectivity index (χ1) is 17.9. The molecule has 36 heavy (non-hydrogen) atoms. The zero-order chi connectivity index (χ0) is 23.9. The molecule has 7 aromatic rings. The lowest BCUT2D eigenvalue weighted by atomic mass is 10.1. The van der Waals surface area contributed by atoms with Crippen LogP contribution in [0.15, 0.2) is 122 Å². The fourth-order valence-electron chi connectivity index (χ4n) is 4.66. The first-order valence-corrected chi connectivity index (χ1v) is 11.8. The maximum absolute atomic E-state index is 4.88. The first kappa shape index (κ1) is 20.3. The third kappa shape index (κ3) is 3.27. The smallest absolute Gasteiger partial charge is 0.178 e. The number of aromatic nitrogens is 6. The lowest BCUT2D eigenvalue weighted by molar-refractivity contribution is 1.10. The van der Waals surface area contributed by atoms with Crippen LogP contribution >= 0.6 is 0 Å². The predicted molar refractivity (Wildman–Crippen MR) is 142 cm³/mol. The minimum atomic E-state index is 0.720. The number of nitrogens with zero attached hydrogens (tertiary/aromatic N) is 6. The molecular weight excluding hydrogens is 444 g/mol. The molecule has 0 bridgehead atoms. The second-order valence-corrected chi connectivity index (χ2v) is 8.48. The third-order valence-electron chi connectivity index (χ3n) is 6.29. The van der Waals surface area contributed by atoms with Gasteiger partial charge >= 0.3 is 0 Å². The molecule has 0 N–H and O–H groups in total. The molecule has 0 fully saturated rings. The Morgan fingerprint density at radius 2 is 0.833 bits per heavy atom. The monoisotopic (exact) mass is 464 g/mol. The molecule has 6 nitrogen and oxygen atoms in total. The van der Waals surface area contributed by atoms with Crippen LogP contribution in [-0.4, -0.2) is 29.1 Å². The molecule has 0 aliphatic rings. The molecule has 0 saturated heterocycles. The SMILES string of the molecule is c1ccc(-n2c(-c3ccc(-c4nc5ncccc5n4-c4ccccc4)cc3)nc3ncccc32)cc1. The highest BCUT2D eigenvalue weighted by atomic mass is 15.1. The fraction of sp³-hybridized carbons (Fsp3) is 0. The van der Waals surface area contributed by atoms with Gasteiger partial charge in [-0.05, 0) is 48.5 Å². The molecule has 170 valence electrons. The van der Waals surface area contributed by atoms with Gasteiger partial charge < -0.3 is 0 Å². The Balaban J connectivity index is 1.39. The van der Waals surface area contributed by atoms with E-state index in [4.69, 9.17) is 9.97 Å². The summed E-state index contributed by atoms with van der Waals surface area (Å²) in [6.45, 7) is 0. The summed E-state index contributed by atoms with van der Waals surface area (Å²) in [5.74, 6) is 1.69. The van der Waals surface area contributed by atoms with Gasteiger partial charge in [0.1, 0.15) is 11.6 Å². The highest BCUT2D eigenvalue weighted by molar-refractivity contribution is 5.82. The van der Waals surface area contributed by atoms with Crippen LogP contribution in [0.2, 0.25) is 0 Å². The van der Waals surface area contributed by atoms with Crippen molar-refractivity contribution in [3.8, 4) is 34.2 Å². The van der Waals surface area contributed by atoms with Crippen molar-refractivity contribution in [1.82, 2.24) is 29.1 Å². The van der Waals surface area contributed by atoms with Gasteiger partial charge in [0.15, 0.2) is 11.3 Å². The molecule has 0 radical (unpaired) electrons. The first-order valence-electron chi connectivity index (χ1n) is 11.8. The number of rotatable bonds is 4. The summed E-state index contributed by atoms with van der Waals surface area (Å²) >= 11 is 0. The van der Waals surface area contributed by atoms with Gasteiger partial charge in [0.05, 0.1) is 11.0 Å². The van der Waals surface area contributed by atoms with Crippen molar-refractivity contribution in [2.24, 2.45) is 0 Å². The van der Waals surface area contributed by atoms with Gasteiger partial charge in [0, 0.05) is 34.9 Å². The summed E-state index contributed by atoms with van der Waals surface area (Å²) < 4.78 is 4.31. The largest absolute Gasteiger partial charge is 0.291 e. The van der Waals surface area contributed by atoms with E-state index in [0.29, 0.717) is 0 Å². The number of para-hydroxylation sites is 2. The molecule has 6 heteroatoms. The van der Waals surface area contributed by atoms with E-state index >= 15 is 0 Å². The molecule has 7 rings (SSSR count). The van der Waals surface area contributed by atoms with E-state index in [2.05, 4.69) is 79.8 Å². The Labute approximate surface area is 207 Å². The second-order valence-electron chi connectivity index (χ2n) is 8.48. The highest BCUT2D eigenvalue weighted by Crippen LogP contribution is 2.31. The van der Waals surface area contributed by atoms with Gasteiger partial charge in [-0.15, -0.1) is 0 Å². The van der Waals surface area contributed by atoms with Crippen LogP contribution in [0.4, 0.5) is 0 Å². The van der Waals surface area contributed by atoms with Crippen molar-refractivity contribution in [3.63, 3.8) is 0 Å². The number of pyridine rings is 2. The lowest BCUT2D eigenvalue weighted by Crippen LogP contribution is -1.98. The number of hydrogen-bond acceptors (Lipinski definition) is 4. The Kier molecular flexibility index (Phi) is 4.67. The van der Waals surface area contributed by atoms with Gasteiger partial charge in [-0.2, -0.15) is 0 Å². The van der Waals surface area contributed by atoms with E-state index in [9.17, 15) is 0 Å². The van der Waals surface area contributed by atoms with E-state index in [1.54, 1.807) is 12.4 Å². The van der Waals surface area contributed by atoms with Crippen LogP contribution in [0.1, 0.15) is 0 Å². The predicted octanol–water partition coefficient (Wildman–Crippen LogP) is 6.49. The number of imidazole rings is 2. The number of hydrogen-bond donors (Lipinski definition) is 0. The standard InChI is InChI=1S/C30H20N6/c1-3-9-23(10-4-1)35-25-13-7-19-31-27(25)33-29(35)21-15-17-22(18-16-21)30-34-28-26(14-8-20-32-28)36(30)24-11-5-2-6-12-24/h1-20H. The molecule has 0 saturated carbocycles. The minimum Gasteiger partial charge on any atom is -0.291 e. The average molecular weight is 465 g/mol. The summed E-state index contributed by atoms with van der Waals surface area (Å²) in [6, 6.07) is 36.9. The molecule has 3 aromatic carbocycles. The van der Waals surface area contributed by atoms with Crippen molar-refractivity contribution in [2.75, 3.05) is 0 Å². The van der Waals surface area contributed by atoms with Gasteiger partial charge in [0.25, 0.3) is 0 Å². The lowest BCUT2D eigenvalue weighted by Gasteiger charge is -2.11. The van der Waals surface area contributed by atoms with E-state index in [1.807, 2.05) is 48.5 Å². The van der Waals surface area contributed by atoms with E-state index in [0.717, 1.165) is 56.5 Å². The molecule has 0 amide bonds. The molecule has 4 heterocycles. The minimum absolute atomic E-state index is 0.720. The van der Waals surface area contributed by atoms with Crippen molar-refractivity contribution < 1.29 is 0 Å². The molecule has 0 aliphatic heterocycles. The topological polar surface area (TPSA) is 61.4 Å². The zero-order valence-corrected chi connectivity index (χ0v) is 19.2. The zero-order valence-electron chi connectivity index (χ0n) is 19.2. The molecule has 0 spiro atoms. The summed E-state index contributed by atoms with van der Waals surface area (Å²) in [4.78, 5) is 18.8. The summed E-state index contributed by atoms with van der Waals surface area (Å²) in [6.07, 6.45) is 3.55. The van der Waals surface area contributed by atoms with Crippen molar-refractivity contribution >= 4 is 22.3 Å². The van der Waals surface area contributed by atoms with Gasteiger partial charge in [-0.25, -0.2) is 19.9 Å². The third-order valence-corrected chi connectivity index (χ3v) is 6.29. The fourth-order valence-corrected chi connectivity index (χ4v) is 4.66.